The lowest BCUT2D eigenvalue weighted by atomic mass is 9.85. The Bertz CT molecular complexity index is 1550. The standard InChI is InChI=1S/C28H24N2O4/c1-3-28(33)13-24(31)34-15-20-21(28)12-23-26-19(14-30(23)27(20)32)25(17-10-8-16(2)9-11-17)18-6-4-5-7-22(18)29-26/h4-12,33H,3,13-15H2,1-2H3/t28-/m1/s1. The van der Waals surface area contributed by atoms with Crippen LogP contribution in [0.4, 0.5) is 0 Å². The monoisotopic (exact) mass is 452 g/mol. The van der Waals surface area contributed by atoms with Gasteiger partial charge in [-0.3, -0.25) is 9.59 Å². The van der Waals surface area contributed by atoms with Gasteiger partial charge >= 0.3 is 5.97 Å². The molecule has 6 rings (SSSR count). The van der Waals surface area contributed by atoms with E-state index in [4.69, 9.17) is 9.72 Å². The largest absolute Gasteiger partial charge is 0.460 e. The summed E-state index contributed by atoms with van der Waals surface area (Å²) in [6.45, 7) is 4.11. The Balaban J connectivity index is 1.66. The van der Waals surface area contributed by atoms with Crippen molar-refractivity contribution in [3.8, 4) is 22.5 Å². The molecule has 4 heterocycles. The van der Waals surface area contributed by atoms with Crippen LogP contribution in [0.3, 0.4) is 0 Å². The number of aliphatic hydroxyl groups is 1. The molecule has 4 aromatic rings. The van der Waals surface area contributed by atoms with E-state index in [9.17, 15) is 14.7 Å². The number of hydrogen-bond donors (Lipinski definition) is 1. The van der Waals surface area contributed by atoms with Crippen molar-refractivity contribution in [2.45, 2.75) is 45.4 Å². The molecule has 6 heteroatoms. The molecule has 0 radical (unpaired) electrons. The van der Waals surface area contributed by atoms with Crippen molar-refractivity contribution in [3.05, 3.63) is 87.2 Å². The summed E-state index contributed by atoms with van der Waals surface area (Å²) in [6, 6.07) is 18.2. The number of nitrogens with zero attached hydrogens (tertiary/aromatic N) is 2. The maximum atomic E-state index is 13.7. The highest BCUT2D eigenvalue weighted by molar-refractivity contribution is 5.99. The number of carbonyl (C=O) groups excluding carboxylic acids is 1. The first-order valence-corrected chi connectivity index (χ1v) is 11.5. The molecule has 0 bridgehead atoms. The quantitative estimate of drug-likeness (QED) is 0.401. The fraction of sp³-hybridized carbons (Fsp3) is 0.250. The fourth-order valence-corrected chi connectivity index (χ4v) is 5.28. The molecule has 1 N–H and O–H groups in total. The second-order valence-electron chi connectivity index (χ2n) is 9.23. The van der Waals surface area contributed by atoms with Gasteiger partial charge in [0.05, 0.1) is 35.4 Å². The number of esters is 1. The molecule has 170 valence electrons. The summed E-state index contributed by atoms with van der Waals surface area (Å²) in [5, 5.41) is 12.4. The van der Waals surface area contributed by atoms with Crippen LogP contribution in [0.2, 0.25) is 0 Å². The average molecular weight is 453 g/mol. The summed E-state index contributed by atoms with van der Waals surface area (Å²) in [7, 11) is 0. The number of carbonyl (C=O) groups is 1. The number of ether oxygens (including phenoxy) is 1. The highest BCUT2D eigenvalue weighted by atomic mass is 16.5. The van der Waals surface area contributed by atoms with E-state index in [1.54, 1.807) is 4.57 Å². The number of aryl methyl sites for hydroxylation is 1. The van der Waals surface area contributed by atoms with Gasteiger partial charge in [-0.15, -0.1) is 0 Å². The molecule has 6 nitrogen and oxygen atoms in total. The molecule has 0 spiro atoms. The summed E-state index contributed by atoms with van der Waals surface area (Å²) in [5.41, 5.74) is 5.66. The van der Waals surface area contributed by atoms with Crippen molar-refractivity contribution < 1.29 is 14.6 Å². The van der Waals surface area contributed by atoms with E-state index in [0.717, 1.165) is 33.3 Å². The molecule has 2 aromatic heterocycles. The minimum Gasteiger partial charge on any atom is -0.460 e. The zero-order valence-corrected chi connectivity index (χ0v) is 19.1. The van der Waals surface area contributed by atoms with E-state index in [0.29, 0.717) is 29.8 Å². The topological polar surface area (TPSA) is 81.4 Å². The molecular weight excluding hydrogens is 428 g/mol. The van der Waals surface area contributed by atoms with Gasteiger partial charge in [0.25, 0.3) is 5.56 Å². The predicted octanol–water partition coefficient (Wildman–Crippen LogP) is 4.45. The van der Waals surface area contributed by atoms with Gasteiger partial charge in [-0.05, 0) is 42.2 Å². The smallest absolute Gasteiger partial charge is 0.309 e. The van der Waals surface area contributed by atoms with Crippen molar-refractivity contribution >= 4 is 16.9 Å². The Morgan fingerprint density at radius 1 is 1.09 bits per heavy atom. The number of rotatable bonds is 2. The van der Waals surface area contributed by atoms with Crippen LogP contribution < -0.4 is 5.56 Å². The van der Waals surface area contributed by atoms with Crippen LogP contribution in [0.25, 0.3) is 33.4 Å². The molecule has 0 saturated heterocycles. The molecule has 0 aliphatic carbocycles. The molecule has 0 fully saturated rings. The van der Waals surface area contributed by atoms with Gasteiger partial charge in [-0.25, -0.2) is 4.98 Å². The third-order valence-electron chi connectivity index (χ3n) is 7.19. The SMILES string of the molecule is CC[C@@]1(O)CC(=O)OCc2c1cc1n(c2=O)Cc2c-1nc1ccccc1c2-c1ccc(C)cc1. The Kier molecular flexibility index (Phi) is 4.51. The van der Waals surface area contributed by atoms with Gasteiger partial charge in [-0.2, -0.15) is 0 Å². The average Bonchev–Trinajstić information content (AvgIpc) is 3.14. The number of cyclic esters (lactones) is 1. The summed E-state index contributed by atoms with van der Waals surface area (Å²) in [4.78, 5) is 30.8. The van der Waals surface area contributed by atoms with E-state index >= 15 is 0 Å². The van der Waals surface area contributed by atoms with Gasteiger partial charge in [0.15, 0.2) is 0 Å². The van der Waals surface area contributed by atoms with E-state index in [2.05, 4.69) is 37.3 Å². The van der Waals surface area contributed by atoms with E-state index in [1.807, 2.05) is 31.2 Å². The Morgan fingerprint density at radius 3 is 2.62 bits per heavy atom. The molecule has 34 heavy (non-hydrogen) atoms. The van der Waals surface area contributed by atoms with Gasteiger partial charge in [0.2, 0.25) is 0 Å². The number of pyridine rings is 2. The minimum absolute atomic E-state index is 0.133. The highest BCUT2D eigenvalue weighted by Crippen LogP contribution is 2.43. The molecule has 2 aliphatic rings. The van der Waals surface area contributed by atoms with Crippen LogP contribution >= 0.6 is 0 Å². The van der Waals surface area contributed by atoms with Crippen molar-refractivity contribution in [2.24, 2.45) is 0 Å². The zero-order valence-electron chi connectivity index (χ0n) is 19.1. The van der Waals surface area contributed by atoms with Crippen LogP contribution in [0.1, 0.15) is 42.0 Å². The first kappa shape index (κ1) is 20.8. The Hall–Kier alpha value is -3.77. The Labute approximate surface area is 196 Å². The number of fused-ring (bicyclic) bond motifs is 5. The lowest BCUT2D eigenvalue weighted by molar-refractivity contribution is -0.149. The van der Waals surface area contributed by atoms with Crippen LogP contribution in [0.15, 0.2) is 59.4 Å². The molecular formula is C28H24N2O4. The second kappa shape index (κ2) is 7.37. The first-order chi connectivity index (χ1) is 16.4. The van der Waals surface area contributed by atoms with E-state index in [-0.39, 0.29) is 18.6 Å². The highest BCUT2D eigenvalue weighted by Gasteiger charge is 2.39. The third-order valence-corrected chi connectivity index (χ3v) is 7.19. The maximum Gasteiger partial charge on any atom is 0.309 e. The van der Waals surface area contributed by atoms with Gasteiger partial charge < -0.3 is 14.4 Å². The van der Waals surface area contributed by atoms with Crippen LogP contribution in [0, 0.1) is 6.92 Å². The lowest BCUT2D eigenvalue weighted by Crippen LogP contribution is -2.32. The summed E-state index contributed by atoms with van der Waals surface area (Å²) in [5.74, 6) is -0.503. The van der Waals surface area contributed by atoms with Crippen LogP contribution in [-0.2, 0) is 28.3 Å². The molecule has 1 atom stereocenters. The zero-order chi connectivity index (χ0) is 23.6. The van der Waals surface area contributed by atoms with Crippen molar-refractivity contribution in [3.63, 3.8) is 0 Å². The number of para-hydroxylation sites is 1. The lowest BCUT2D eigenvalue weighted by Gasteiger charge is -2.26. The van der Waals surface area contributed by atoms with Crippen molar-refractivity contribution in [1.29, 1.82) is 0 Å². The van der Waals surface area contributed by atoms with Crippen molar-refractivity contribution in [2.75, 3.05) is 0 Å². The van der Waals surface area contributed by atoms with Crippen LogP contribution in [0.5, 0.6) is 0 Å². The number of benzene rings is 2. The van der Waals surface area contributed by atoms with Gasteiger partial charge in [0.1, 0.15) is 12.2 Å². The summed E-state index contributed by atoms with van der Waals surface area (Å²) < 4.78 is 6.98. The molecule has 2 aromatic carbocycles. The van der Waals surface area contributed by atoms with Gasteiger partial charge in [0, 0.05) is 10.9 Å². The third kappa shape index (κ3) is 2.95. The Morgan fingerprint density at radius 2 is 1.85 bits per heavy atom. The molecule has 0 amide bonds. The van der Waals surface area contributed by atoms with Crippen LogP contribution in [-0.4, -0.2) is 20.6 Å². The van der Waals surface area contributed by atoms with E-state index < -0.39 is 11.6 Å². The normalized spacial score (nSPS) is 18.7. The first-order valence-electron chi connectivity index (χ1n) is 11.5. The minimum atomic E-state index is -1.45. The molecule has 2 aliphatic heterocycles. The fourth-order valence-electron chi connectivity index (χ4n) is 5.28. The van der Waals surface area contributed by atoms with Crippen molar-refractivity contribution in [1.82, 2.24) is 9.55 Å². The predicted molar refractivity (Wildman–Crippen MR) is 129 cm³/mol. The maximum absolute atomic E-state index is 13.7. The summed E-state index contributed by atoms with van der Waals surface area (Å²) in [6.07, 6.45) is 0.122. The molecule has 0 saturated carbocycles. The number of aromatic nitrogens is 2. The molecule has 0 unspecified atom stereocenters. The number of hydrogen-bond acceptors (Lipinski definition) is 5. The summed E-state index contributed by atoms with van der Waals surface area (Å²) >= 11 is 0. The van der Waals surface area contributed by atoms with Gasteiger partial charge in [-0.1, -0.05) is 55.0 Å². The second-order valence-corrected chi connectivity index (χ2v) is 9.23. The van der Waals surface area contributed by atoms with E-state index in [1.165, 1.54) is 5.56 Å².